The van der Waals surface area contributed by atoms with Crippen LogP contribution in [0.15, 0.2) is 85.2 Å². The lowest BCUT2D eigenvalue weighted by atomic mass is 9.93. The van der Waals surface area contributed by atoms with Crippen LogP contribution in [0.25, 0.3) is 0 Å². The number of alkyl halides is 4. The van der Waals surface area contributed by atoms with Crippen molar-refractivity contribution in [3.8, 4) is 0 Å². The lowest BCUT2D eigenvalue weighted by Crippen LogP contribution is -2.40. The number of aromatic amines is 1. The van der Waals surface area contributed by atoms with E-state index in [1.807, 2.05) is 62.1 Å². The Morgan fingerprint density at radius 2 is 1.18 bits per heavy atom. The van der Waals surface area contributed by atoms with Crippen molar-refractivity contribution in [2.75, 3.05) is 49.9 Å². The number of nitrogens with zero attached hydrogens (tertiary/aromatic N) is 7. The number of carboxylic acids is 1. The molecule has 13 nitrogen and oxygen atoms in total. The molecule has 2 fully saturated rings. The molecule has 0 spiro atoms. The molecule has 71 heavy (non-hydrogen) atoms. The Kier molecular flexibility index (Phi) is 18.9. The Labute approximate surface area is 430 Å². The Balaban J connectivity index is 0.000000208. The van der Waals surface area contributed by atoms with Crippen molar-refractivity contribution >= 4 is 69.4 Å². The molecule has 0 amide bonds. The summed E-state index contributed by atoms with van der Waals surface area (Å²) in [5, 5.41) is 27.0. The fourth-order valence-corrected chi connectivity index (χ4v) is 9.81. The molecule has 6 aromatic rings. The van der Waals surface area contributed by atoms with Crippen LogP contribution in [0.1, 0.15) is 116 Å². The van der Waals surface area contributed by atoms with Crippen LogP contribution in [0.5, 0.6) is 0 Å². The minimum atomic E-state index is -3.00. The number of carboxylic acid groups (broad SMARTS) is 1. The van der Waals surface area contributed by atoms with Gasteiger partial charge in [0.05, 0.1) is 46.0 Å². The molecule has 6 aromatic heterocycles. The van der Waals surface area contributed by atoms with Crippen molar-refractivity contribution in [1.82, 2.24) is 39.7 Å². The Bertz CT molecular complexity index is 2620. The molecule has 2 aliphatic heterocycles. The number of aliphatic carboxylic acids is 1. The van der Waals surface area contributed by atoms with E-state index < -0.39 is 28.6 Å². The molecule has 0 radical (unpaired) electrons. The van der Waals surface area contributed by atoms with E-state index in [9.17, 15) is 27.2 Å². The first-order valence-corrected chi connectivity index (χ1v) is 25.8. The smallest absolute Gasteiger partial charge is 0.308 e. The van der Waals surface area contributed by atoms with Crippen LogP contribution in [0.4, 0.5) is 29.2 Å². The van der Waals surface area contributed by atoms with Gasteiger partial charge in [-0.25, -0.2) is 0 Å². The van der Waals surface area contributed by atoms with Crippen LogP contribution in [0.2, 0.25) is 8.67 Å². The number of H-pyrrole nitrogens is 1. The largest absolute Gasteiger partial charge is 0.481 e. The summed E-state index contributed by atoms with van der Waals surface area (Å²) in [6, 6.07) is 20.8. The van der Waals surface area contributed by atoms with Gasteiger partial charge in [0.1, 0.15) is 23.0 Å². The summed E-state index contributed by atoms with van der Waals surface area (Å²) >= 11 is 15.0. The number of thiophene rings is 2. The van der Waals surface area contributed by atoms with Gasteiger partial charge < -0.3 is 15.7 Å². The van der Waals surface area contributed by atoms with Gasteiger partial charge in [-0.15, -0.1) is 22.7 Å². The maximum Gasteiger partial charge on any atom is 0.308 e. The fourth-order valence-electron chi connectivity index (χ4n) is 7.75. The molecule has 8 rings (SSSR count). The van der Waals surface area contributed by atoms with Crippen LogP contribution in [-0.2, 0) is 29.7 Å². The summed E-state index contributed by atoms with van der Waals surface area (Å²) in [5.41, 5.74) is 0.299. The summed E-state index contributed by atoms with van der Waals surface area (Å²) in [6.45, 7) is 13.4. The summed E-state index contributed by atoms with van der Waals surface area (Å²) < 4.78 is 61.2. The van der Waals surface area contributed by atoms with Crippen molar-refractivity contribution in [2.45, 2.75) is 104 Å². The summed E-state index contributed by atoms with van der Waals surface area (Å²) in [6.07, 6.45) is 5.83. The van der Waals surface area contributed by atoms with Crippen molar-refractivity contribution in [2.24, 2.45) is 10.8 Å². The van der Waals surface area contributed by atoms with E-state index in [0.717, 1.165) is 44.1 Å². The molecule has 2 saturated heterocycles. The standard InChI is InChI=1S/C25H30ClF2N5OS.C20H22ClF2N5S.C5H10O2/c1-24(2,3)23(34)33-22(30-15-18-7-8-21(26)35-18)14-19(31-33)17-9-12-32(13-10-17)16-25(27,28)20-6-4-5-11-29-20;21-18-5-4-15(29-18)12-25-19-11-16(26-27-19)14-6-9-28(10-7-14)13-20(22,23)17-3-1-2-8-24-17;1-5(2,3)4(6)7/h4-8,11,14,17,30H,9-10,12-13,15-16H2,1-3H3;1-5,8,11,14H,6-7,9-10,12-13H2,(H2,25,26,27);1-3H3,(H,6,7). The number of piperidine rings is 2. The second kappa shape index (κ2) is 24.2. The predicted octanol–water partition coefficient (Wildman–Crippen LogP) is 12.5. The number of halogens is 6. The van der Waals surface area contributed by atoms with Gasteiger partial charge in [0.15, 0.2) is 0 Å². The number of aromatic nitrogens is 6. The van der Waals surface area contributed by atoms with Crippen LogP contribution < -0.4 is 10.6 Å². The van der Waals surface area contributed by atoms with E-state index in [0.29, 0.717) is 68.2 Å². The molecule has 21 heteroatoms. The second-order valence-corrected chi connectivity index (χ2v) is 23.3. The number of likely N-dealkylation sites (tertiary alicyclic amines) is 2. The lowest BCUT2D eigenvalue weighted by molar-refractivity contribution is -0.145. The number of hydrogen-bond donors (Lipinski definition) is 4. The minimum absolute atomic E-state index is 0.0977. The Morgan fingerprint density at radius 1 is 0.704 bits per heavy atom. The molecular weight excluding hydrogens is 1000 g/mol. The topological polar surface area (TPSA) is 157 Å². The molecule has 0 unspecified atom stereocenters. The average Bonchev–Trinajstić information content (AvgIpc) is 4.16. The van der Waals surface area contributed by atoms with Gasteiger partial charge in [-0.2, -0.15) is 32.4 Å². The molecule has 8 heterocycles. The van der Waals surface area contributed by atoms with Gasteiger partial charge >= 0.3 is 17.8 Å². The monoisotopic (exact) mass is 1060 g/mol. The third kappa shape index (κ3) is 16.3. The van der Waals surface area contributed by atoms with E-state index >= 15 is 0 Å². The van der Waals surface area contributed by atoms with Crippen molar-refractivity contribution in [1.29, 1.82) is 0 Å². The zero-order valence-corrected chi connectivity index (χ0v) is 43.8. The molecule has 384 valence electrons. The summed E-state index contributed by atoms with van der Waals surface area (Å²) in [4.78, 5) is 36.6. The number of carbonyl (C=O) groups excluding carboxylic acids is 1. The van der Waals surface area contributed by atoms with Crippen molar-refractivity contribution in [3.05, 3.63) is 126 Å². The number of carbonyl (C=O) groups is 2. The van der Waals surface area contributed by atoms with E-state index in [4.69, 9.17) is 28.3 Å². The molecule has 0 aromatic carbocycles. The highest BCUT2D eigenvalue weighted by atomic mass is 35.5. The van der Waals surface area contributed by atoms with E-state index in [-0.39, 0.29) is 36.3 Å². The quantitative estimate of drug-likeness (QED) is 0.0770. The SMILES string of the molecule is CC(C)(C)C(=O)O.CC(C)(C)C(=O)n1nc(C2CCN(CC(F)(F)c3ccccn3)CC2)cc1NCc1ccc(Cl)s1.FC(F)(CN1CCC(c2cc(NCc3ccc(Cl)s3)n[nH]2)CC1)c1ccccn1. The highest BCUT2D eigenvalue weighted by Gasteiger charge is 2.38. The Hall–Kier alpha value is -4.92. The third-order valence-electron chi connectivity index (χ3n) is 11.9. The van der Waals surface area contributed by atoms with Gasteiger partial charge in [-0.1, -0.05) is 56.1 Å². The molecule has 0 aliphatic carbocycles. The minimum Gasteiger partial charge on any atom is -0.481 e. The first-order chi connectivity index (χ1) is 33.5. The van der Waals surface area contributed by atoms with Gasteiger partial charge in [0.2, 0.25) is 0 Å². The van der Waals surface area contributed by atoms with E-state index in [2.05, 4.69) is 35.9 Å². The normalized spacial score (nSPS) is 15.6. The first-order valence-electron chi connectivity index (χ1n) is 23.4. The van der Waals surface area contributed by atoms with Gasteiger partial charge in [-0.05, 0) is 121 Å². The average molecular weight is 1060 g/mol. The maximum atomic E-state index is 14.7. The van der Waals surface area contributed by atoms with E-state index in [1.54, 1.807) is 49.9 Å². The Morgan fingerprint density at radius 3 is 1.61 bits per heavy atom. The molecule has 0 bridgehead atoms. The zero-order chi connectivity index (χ0) is 51.6. The van der Waals surface area contributed by atoms with E-state index in [1.165, 1.54) is 51.9 Å². The van der Waals surface area contributed by atoms with Gasteiger partial charge in [-0.3, -0.25) is 34.5 Å². The van der Waals surface area contributed by atoms with Crippen LogP contribution >= 0.6 is 45.9 Å². The zero-order valence-electron chi connectivity index (χ0n) is 40.7. The van der Waals surface area contributed by atoms with Crippen LogP contribution in [0, 0.1) is 10.8 Å². The molecule has 4 N–H and O–H groups in total. The van der Waals surface area contributed by atoms with Crippen molar-refractivity contribution < 1.29 is 32.3 Å². The molecule has 0 saturated carbocycles. The fraction of sp³-hybridized carbons (Fsp3) is 0.480. The summed E-state index contributed by atoms with van der Waals surface area (Å²) in [5.74, 6) is -4.99. The maximum absolute atomic E-state index is 14.7. The highest BCUT2D eigenvalue weighted by Crippen LogP contribution is 2.35. The van der Waals surface area contributed by atoms with Gasteiger partial charge in [0.25, 0.3) is 5.91 Å². The predicted molar refractivity (Wildman–Crippen MR) is 274 cm³/mol. The number of rotatable bonds is 14. The number of anilines is 2. The second-order valence-electron chi connectivity index (χ2n) is 19.7. The number of nitrogens with one attached hydrogen (secondary N) is 3. The van der Waals surface area contributed by atoms with Crippen LogP contribution in [-0.4, -0.2) is 96.0 Å². The number of pyridine rings is 2. The van der Waals surface area contributed by atoms with Crippen LogP contribution in [0.3, 0.4) is 0 Å². The van der Waals surface area contributed by atoms with Gasteiger partial charge in [0, 0.05) is 57.2 Å². The third-order valence-corrected chi connectivity index (χ3v) is 14.4. The number of hydrogen-bond acceptors (Lipinski definition) is 12. The molecule has 0 atom stereocenters. The first kappa shape index (κ1) is 55.4. The molecular formula is C50H62Cl2F4N10O3S2. The van der Waals surface area contributed by atoms with Crippen molar-refractivity contribution in [3.63, 3.8) is 0 Å². The highest BCUT2D eigenvalue weighted by molar-refractivity contribution is 7.16. The summed E-state index contributed by atoms with van der Waals surface area (Å²) in [7, 11) is 0. The lowest BCUT2D eigenvalue weighted by Gasteiger charge is -2.33. The molecule has 2 aliphatic rings.